The van der Waals surface area contributed by atoms with E-state index < -0.39 is 0 Å². The number of fused-ring (bicyclic) bond motifs is 1. The molecular formula is C20H24BNO3. The number of carbonyl (C=O) groups excluding carboxylic acids is 1. The third-order valence-corrected chi connectivity index (χ3v) is 5.56. The van der Waals surface area contributed by atoms with E-state index in [0.29, 0.717) is 11.6 Å². The minimum atomic E-state index is -0.368. The summed E-state index contributed by atoms with van der Waals surface area (Å²) >= 11 is 0. The average Bonchev–Trinajstić information content (AvgIpc) is 3.32. The maximum Gasteiger partial charge on any atom is 0.494 e. The molecule has 1 amide bonds. The van der Waals surface area contributed by atoms with E-state index in [1.807, 2.05) is 30.3 Å². The molecule has 0 spiro atoms. The molecule has 1 saturated heterocycles. The summed E-state index contributed by atoms with van der Waals surface area (Å²) in [5.74, 6) is 0.0134. The molecule has 0 atom stereocenters. The predicted octanol–water partition coefficient (Wildman–Crippen LogP) is 3.03. The highest BCUT2D eigenvalue weighted by Gasteiger charge is 2.51. The second kappa shape index (κ2) is 5.58. The summed E-state index contributed by atoms with van der Waals surface area (Å²) in [6.45, 7) is 8.22. The molecule has 5 heteroatoms. The Morgan fingerprint density at radius 2 is 1.60 bits per heavy atom. The molecule has 130 valence electrons. The van der Waals surface area contributed by atoms with Crippen molar-refractivity contribution in [2.75, 3.05) is 0 Å². The summed E-state index contributed by atoms with van der Waals surface area (Å²) < 4.78 is 12.3. The zero-order valence-electron chi connectivity index (χ0n) is 15.3. The van der Waals surface area contributed by atoms with E-state index in [1.165, 1.54) is 0 Å². The van der Waals surface area contributed by atoms with Crippen LogP contribution in [-0.2, 0) is 9.31 Å². The van der Waals surface area contributed by atoms with Crippen LogP contribution in [0.1, 0.15) is 50.9 Å². The second-order valence-corrected chi connectivity index (χ2v) is 8.16. The maximum atomic E-state index is 12.2. The Hall–Kier alpha value is -1.85. The van der Waals surface area contributed by atoms with Crippen molar-refractivity contribution in [2.45, 2.75) is 57.8 Å². The van der Waals surface area contributed by atoms with E-state index in [4.69, 9.17) is 9.31 Å². The van der Waals surface area contributed by atoms with Crippen LogP contribution in [0.3, 0.4) is 0 Å². The fourth-order valence-corrected chi connectivity index (χ4v) is 3.03. The summed E-state index contributed by atoms with van der Waals surface area (Å²) in [5, 5.41) is 5.15. The molecule has 2 aromatic carbocycles. The van der Waals surface area contributed by atoms with Crippen LogP contribution in [0.25, 0.3) is 10.8 Å². The van der Waals surface area contributed by atoms with Gasteiger partial charge in [0.1, 0.15) is 0 Å². The third-order valence-electron chi connectivity index (χ3n) is 5.56. The van der Waals surface area contributed by atoms with Gasteiger partial charge in [0.25, 0.3) is 5.91 Å². The smallest absolute Gasteiger partial charge is 0.399 e. The Morgan fingerprint density at radius 3 is 2.24 bits per heavy atom. The van der Waals surface area contributed by atoms with Crippen molar-refractivity contribution in [3.63, 3.8) is 0 Å². The number of hydrogen-bond donors (Lipinski definition) is 1. The molecule has 0 bridgehead atoms. The van der Waals surface area contributed by atoms with E-state index in [0.717, 1.165) is 29.1 Å². The SMILES string of the molecule is CC1(C)OB(c2ccc3cc(C(=O)NC4CC4)ccc3c2)OC1(C)C. The van der Waals surface area contributed by atoms with Crippen molar-refractivity contribution in [3.05, 3.63) is 42.0 Å². The number of hydrogen-bond acceptors (Lipinski definition) is 3. The summed E-state index contributed by atoms with van der Waals surface area (Å²) in [7, 11) is -0.368. The highest BCUT2D eigenvalue weighted by molar-refractivity contribution is 6.62. The molecule has 1 N–H and O–H groups in total. The predicted molar refractivity (Wildman–Crippen MR) is 100 cm³/mol. The lowest BCUT2D eigenvalue weighted by Crippen LogP contribution is -2.41. The van der Waals surface area contributed by atoms with Crippen LogP contribution in [-0.4, -0.2) is 30.3 Å². The monoisotopic (exact) mass is 337 g/mol. The van der Waals surface area contributed by atoms with Crippen molar-refractivity contribution in [2.24, 2.45) is 0 Å². The molecule has 0 aromatic heterocycles. The normalized spacial score (nSPS) is 21.5. The standard InChI is InChI=1S/C20H24BNO3/c1-19(2)20(3,4)25-21(24-19)16-8-7-13-11-15(6-5-14(13)12-16)18(23)22-17-9-10-17/h5-8,11-12,17H,9-10H2,1-4H3,(H,22,23). The lowest BCUT2D eigenvalue weighted by atomic mass is 9.78. The first-order valence-corrected chi connectivity index (χ1v) is 8.95. The van der Waals surface area contributed by atoms with Crippen LogP contribution in [0.2, 0.25) is 0 Å². The van der Waals surface area contributed by atoms with Crippen molar-refractivity contribution in [1.29, 1.82) is 0 Å². The summed E-state index contributed by atoms with van der Waals surface area (Å²) in [6.07, 6.45) is 2.19. The average molecular weight is 337 g/mol. The first-order chi connectivity index (χ1) is 11.7. The summed E-state index contributed by atoms with van der Waals surface area (Å²) in [6, 6.07) is 12.3. The van der Waals surface area contributed by atoms with Crippen molar-refractivity contribution in [1.82, 2.24) is 5.32 Å². The second-order valence-electron chi connectivity index (χ2n) is 8.16. The number of benzene rings is 2. The van der Waals surface area contributed by atoms with Crippen LogP contribution in [0.15, 0.2) is 36.4 Å². The third kappa shape index (κ3) is 3.07. The highest BCUT2D eigenvalue weighted by atomic mass is 16.7. The largest absolute Gasteiger partial charge is 0.494 e. The minimum absolute atomic E-state index is 0.0134. The van der Waals surface area contributed by atoms with Gasteiger partial charge in [-0.25, -0.2) is 0 Å². The Kier molecular flexibility index (Phi) is 3.71. The molecule has 2 fully saturated rings. The molecular weight excluding hydrogens is 313 g/mol. The van der Waals surface area contributed by atoms with Crippen LogP contribution < -0.4 is 10.8 Å². The van der Waals surface area contributed by atoms with Crippen LogP contribution in [0, 0.1) is 0 Å². The Bertz CT molecular complexity index is 826. The lowest BCUT2D eigenvalue weighted by molar-refractivity contribution is 0.00578. The summed E-state index contributed by atoms with van der Waals surface area (Å²) in [4.78, 5) is 12.2. The lowest BCUT2D eigenvalue weighted by Gasteiger charge is -2.32. The van der Waals surface area contributed by atoms with E-state index in [2.05, 4.69) is 39.1 Å². The van der Waals surface area contributed by atoms with Crippen LogP contribution in [0.5, 0.6) is 0 Å². The van der Waals surface area contributed by atoms with E-state index >= 15 is 0 Å². The first-order valence-electron chi connectivity index (χ1n) is 8.95. The van der Waals surface area contributed by atoms with Gasteiger partial charge in [0.05, 0.1) is 11.2 Å². The van der Waals surface area contributed by atoms with Crippen molar-refractivity contribution in [3.8, 4) is 0 Å². The molecule has 1 heterocycles. The van der Waals surface area contributed by atoms with Gasteiger partial charge in [-0.05, 0) is 68.9 Å². The van der Waals surface area contributed by atoms with E-state index in [9.17, 15) is 4.79 Å². The Morgan fingerprint density at radius 1 is 1.00 bits per heavy atom. The van der Waals surface area contributed by atoms with Crippen LogP contribution in [0.4, 0.5) is 0 Å². The van der Waals surface area contributed by atoms with Gasteiger partial charge >= 0.3 is 7.12 Å². The molecule has 25 heavy (non-hydrogen) atoms. The fourth-order valence-electron chi connectivity index (χ4n) is 3.03. The molecule has 1 saturated carbocycles. The van der Waals surface area contributed by atoms with Gasteiger partial charge < -0.3 is 14.6 Å². The molecule has 2 aromatic rings. The fraction of sp³-hybridized carbons (Fsp3) is 0.450. The van der Waals surface area contributed by atoms with Gasteiger partial charge in [0.15, 0.2) is 0 Å². The molecule has 1 aliphatic heterocycles. The molecule has 4 nitrogen and oxygen atoms in total. The molecule has 0 unspecified atom stereocenters. The number of amides is 1. The van der Waals surface area contributed by atoms with Gasteiger partial charge in [0, 0.05) is 11.6 Å². The number of carbonyl (C=O) groups is 1. The Balaban J connectivity index is 1.60. The number of rotatable bonds is 3. The molecule has 0 radical (unpaired) electrons. The van der Waals surface area contributed by atoms with E-state index in [1.54, 1.807) is 0 Å². The Labute approximate surface area is 149 Å². The van der Waals surface area contributed by atoms with E-state index in [-0.39, 0.29) is 24.2 Å². The van der Waals surface area contributed by atoms with Gasteiger partial charge in [-0.3, -0.25) is 4.79 Å². The maximum absolute atomic E-state index is 12.2. The van der Waals surface area contributed by atoms with Crippen molar-refractivity contribution < 1.29 is 14.1 Å². The topological polar surface area (TPSA) is 47.6 Å². The minimum Gasteiger partial charge on any atom is -0.399 e. The highest BCUT2D eigenvalue weighted by Crippen LogP contribution is 2.36. The first kappa shape index (κ1) is 16.6. The van der Waals surface area contributed by atoms with Gasteiger partial charge in [0.2, 0.25) is 0 Å². The zero-order chi connectivity index (χ0) is 17.8. The summed E-state index contributed by atoms with van der Waals surface area (Å²) in [5.41, 5.74) is 1.01. The van der Waals surface area contributed by atoms with Gasteiger partial charge in [-0.1, -0.05) is 24.3 Å². The quantitative estimate of drug-likeness (QED) is 0.876. The zero-order valence-corrected chi connectivity index (χ0v) is 15.3. The van der Waals surface area contributed by atoms with Crippen LogP contribution >= 0.6 is 0 Å². The molecule has 1 aliphatic carbocycles. The number of nitrogens with one attached hydrogen (secondary N) is 1. The van der Waals surface area contributed by atoms with Crippen molar-refractivity contribution >= 4 is 29.3 Å². The molecule has 4 rings (SSSR count). The van der Waals surface area contributed by atoms with Gasteiger partial charge in [-0.15, -0.1) is 0 Å². The van der Waals surface area contributed by atoms with Gasteiger partial charge in [-0.2, -0.15) is 0 Å². The molecule has 2 aliphatic rings.